The van der Waals surface area contributed by atoms with Gasteiger partial charge in [-0.3, -0.25) is 4.57 Å². The molecule has 1 aliphatic heterocycles. The predicted molar refractivity (Wildman–Crippen MR) is 177 cm³/mol. The van der Waals surface area contributed by atoms with E-state index in [1.165, 1.54) is 11.9 Å². The second-order valence-electron chi connectivity index (χ2n) is 10.2. The predicted octanol–water partition coefficient (Wildman–Crippen LogP) is 4.57. The number of unbranched alkanes of at least 4 members (excludes halogenated alkanes) is 1. The molecule has 0 bridgehead atoms. The van der Waals surface area contributed by atoms with Gasteiger partial charge in [0.25, 0.3) is 0 Å². The van der Waals surface area contributed by atoms with Crippen LogP contribution in [0.3, 0.4) is 0 Å². The molecule has 5 aromatic rings. The first-order valence-electron chi connectivity index (χ1n) is 15.4. The lowest BCUT2D eigenvalue weighted by molar-refractivity contribution is 0.122. The molecule has 12 heteroatoms. The standard InChI is InChI=1S/C31H33N11O.C2H6/c32-19-23-18-27(38-21-37-23)35-12-2-1-11-34-20-22-5-7-24(8-6-22)42-30(25-4-3-13-36-29(25)33)39-26-9-10-28(40-31(26)42)41-14-16-43-17-15-41;1-2/h3-10,13,18,21,34H,1-2,11-12,14-17,20H2,(H2,33,36)(H,35,37,38);1-2H3. The third-order valence-corrected chi connectivity index (χ3v) is 7.30. The van der Waals surface area contributed by atoms with Crippen molar-refractivity contribution >= 4 is 28.6 Å². The molecule has 0 radical (unpaired) electrons. The summed E-state index contributed by atoms with van der Waals surface area (Å²) in [7, 11) is 0. The maximum Gasteiger partial charge on any atom is 0.167 e. The van der Waals surface area contributed by atoms with Crippen molar-refractivity contribution < 1.29 is 4.74 Å². The molecular formula is C33H39N11O. The van der Waals surface area contributed by atoms with Crippen LogP contribution in [0.15, 0.2) is 67.1 Å². The number of morpholine rings is 1. The van der Waals surface area contributed by atoms with Crippen LogP contribution in [0.2, 0.25) is 0 Å². The summed E-state index contributed by atoms with van der Waals surface area (Å²) in [6.07, 6.45) is 5.07. The van der Waals surface area contributed by atoms with E-state index in [9.17, 15) is 0 Å². The number of hydrogen-bond acceptors (Lipinski definition) is 11. The summed E-state index contributed by atoms with van der Waals surface area (Å²) in [6, 6.07) is 20.0. The molecule has 1 fully saturated rings. The van der Waals surface area contributed by atoms with Crippen LogP contribution in [-0.4, -0.2) is 68.9 Å². The fraction of sp³-hybridized carbons (Fsp3) is 0.333. The first-order valence-corrected chi connectivity index (χ1v) is 15.4. The lowest BCUT2D eigenvalue weighted by atomic mass is 10.2. The Balaban J connectivity index is 0.00000196. The van der Waals surface area contributed by atoms with E-state index in [4.69, 9.17) is 25.7 Å². The Morgan fingerprint density at radius 3 is 2.53 bits per heavy atom. The van der Waals surface area contributed by atoms with Crippen LogP contribution in [0.4, 0.5) is 17.5 Å². The highest BCUT2D eigenvalue weighted by molar-refractivity contribution is 5.83. The van der Waals surface area contributed by atoms with Gasteiger partial charge in [-0.05, 0) is 61.3 Å². The molecule has 232 valence electrons. The largest absolute Gasteiger partial charge is 0.383 e. The number of aromatic nitrogens is 6. The van der Waals surface area contributed by atoms with Crippen LogP contribution in [0, 0.1) is 11.3 Å². The third kappa shape index (κ3) is 7.70. The van der Waals surface area contributed by atoms with Gasteiger partial charge in [0, 0.05) is 44.1 Å². The molecule has 0 spiro atoms. The Morgan fingerprint density at radius 2 is 1.76 bits per heavy atom. The normalized spacial score (nSPS) is 12.8. The number of nitriles is 1. The number of benzene rings is 1. The number of nitrogens with two attached hydrogens (primary N) is 1. The van der Waals surface area contributed by atoms with Gasteiger partial charge in [-0.1, -0.05) is 26.0 Å². The quantitative estimate of drug-likeness (QED) is 0.181. The first-order chi connectivity index (χ1) is 22.2. The molecule has 45 heavy (non-hydrogen) atoms. The van der Waals surface area contributed by atoms with Crippen molar-refractivity contribution in [2.45, 2.75) is 33.2 Å². The van der Waals surface area contributed by atoms with E-state index in [0.717, 1.165) is 73.8 Å². The molecule has 5 heterocycles. The summed E-state index contributed by atoms with van der Waals surface area (Å²) < 4.78 is 7.60. The highest BCUT2D eigenvalue weighted by atomic mass is 16.5. The van der Waals surface area contributed by atoms with Crippen molar-refractivity contribution in [1.29, 1.82) is 5.26 Å². The van der Waals surface area contributed by atoms with Crippen molar-refractivity contribution in [3.63, 3.8) is 0 Å². The number of ether oxygens (including phenoxy) is 1. The molecule has 1 aromatic carbocycles. The molecule has 0 saturated carbocycles. The van der Waals surface area contributed by atoms with E-state index < -0.39 is 0 Å². The second-order valence-corrected chi connectivity index (χ2v) is 10.2. The fourth-order valence-electron chi connectivity index (χ4n) is 5.05. The SMILES string of the molecule is CC.N#Cc1cc(NCCCCNCc2ccc(-n3c(-c4cccnc4N)nc4ccc(N5CCOCC5)nc43)cc2)ncn1. The van der Waals surface area contributed by atoms with E-state index in [2.05, 4.69) is 59.3 Å². The second kappa shape index (κ2) is 15.6. The van der Waals surface area contributed by atoms with Crippen LogP contribution < -0.4 is 21.3 Å². The van der Waals surface area contributed by atoms with Crippen LogP contribution in [0.1, 0.15) is 37.9 Å². The molecule has 6 rings (SSSR count). The molecule has 0 amide bonds. The van der Waals surface area contributed by atoms with Crippen LogP contribution in [0.25, 0.3) is 28.2 Å². The summed E-state index contributed by atoms with van der Waals surface area (Å²) in [5.74, 6) is 2.71. The summed E-state index contributed by atoms with van der Waals surface area (Å²) in [6.45, 7) is 9.42. The lowest BCUT2D eigenvalue weighted by Crippen LogP contribution is -2.36. The minimum Gasteiger partial charge on any atom is -0.383 e. The minimum absolute atomic E-state index is 0.359. The third-order valence-electron chi connectivity index (χ3n) is 7.30. The Labute approximate surface area is 263 Å². The van der Waals surface area contributed by atoms with Gasteiger partial charge in [-0.2, -0.15) is 5.26 Å². The zero-order chi connectivity index (χ0) is 31.4. The van der Waals surface area contributed by atoms with Crippen molar-refractivity contribution in [3.8, 4) is 23.1 Å². The van der Waals surface area contributed by atoms with Gasteiger partial charge in [-0.25, -0.2) is 24.9 Å². The van der Waals surface area contributed by atoms with Gasteiger partial charge in [0.1, 0.15) is 41.1 Å². The van der Waals surface area contributed by atoms with Gasteiger partial charge in [-0.15, -0.1) is 0 Å². The van der Waals surface area contributed by atoms with Crippen LogP contribution in [0.5, 0.6) is 0 Å². The van der Waals surface area contributed by atoms with Crippen molar-refractivity contribution in [2.75, 3.05) is 55.3 Å². The number of fused-ring (bicyclic) bond motifs is 1. The zero-order valence-electron chi connectivity index (χ0n) is 25.8. The summed E-state index contributed by atoms with van der Waals surface area (Å²) in [5, 5.41) is 15.7. The molecule has 1 aliphatic rings. The number of imidazole rings is 1. The summed E-state index contributed by atoms with van der Waals surface area (Å²) in [4.78, 5) is 24.6. The Bertz CT molecular complexity index is 1720. The smallest absolute Gasteiger partial charge is 0.167 e. The number of nitrogens with one attached hydrogen (secondary N) is 2. The highest BCUT2D eigenvalue weighted by Crippen LogP contribution is 2.31. The highest BCUT2D eigenvalue weighted by Gasteiger charge is 2.20. The number of rotatable bonds is 11. The number of nitrogen functional groups attached to an aromatic ring is 1. The number of pyridine rings is 2. The Kier molecular flexibility index (Phi) is 10.8. The summed E-state index contributed by atoms with van der Waals surface area (Å²) >= 11 is 0. The van der Waals surface area contributed by atoms with E-state index in [1.807, 2.05) is 44.2 Å². The average molecular weight is 606 g/mol. The van der Waals surface area contributed by atoms with Crippen LogP contribution >= 0.6 is 0 Å². The van der Waals surface area contributed by atoms with Crippen molar-refractivity contribution in [2.24, 2.45) is 0 Å². The molecule has 0 unspecified atom stereocenters. The Hall–Kier alpha value is -5.12. The fourth-order valence-corrected chi connectivity index (χ4v) is 5.05. The van der Waals surface area contributed by atoms with Gasteiger partial charge in [0.05, 0.1) is 18.8 Å². The topological polar surface area (TPSA) is 156 Å². The average Bonchev–Trinajstić information content (AvgIpc) is 3.48. The summed E-state index contributed by atoms with van der Waals surface area (Å²) in [5.41, 5.74) is 11.1. The van der Waals surface area contributed by atoms with E-state index in [1.54, 1.807) is 12.3 Å². The van der Waals surface area contributed by atoms with E-state index in [-0.39, 0.29) is 0 Å². The maximum absolute atomic E-state index is 8.96. The first kappa shape index (κ1) is 31.3. The number of nitrogens with zero attached hydrogens (tertiary/aromatic N) is 8. The molecule has 0 atom stereocenters. The van der Waals surface area contributed by atoms with Crippen molar-refractivity contribution in [1.82, 2.24) is 34.8 Å². The molecule has 12 nitrogen and oxygen atoms in total. The minimum atomic E-state index is 0.359. The lowest BCUT2D eigenvalue weighted by Gasteiger charge is -2.27. The number of hydrogen-bond donors (Lipinski definition) is 3. The molecule has 0 aliphatic carbocycles. The van der Waals surface area contributed by atoms with Gasteiger partial charge < -0.3 is 26.0 Å². The van der Waals surface area contributed by atoms with Crippen LogP contribution in [-0.2, 0) is 11.3 Å². The van der Waals surface area contributed by atoms with E-state index >= 15 is 0 Å². The monoisotopic (exact) mass is 605 g/mol. The van der Waals surface area contributed by atoms with E-state index in [0.29, 0.717) is 36.4 Å². The van der Waals surface area contributed by atoms with Gasteiger partial charge >= 0.3 is 0 Å². The number of anilines is 3. The zero-order valence-corrected chi connectivity index (χ0v) is 25.8. The van der Waals surface area contributed by atoms with Gasteiger partial charge in [0.2, 0.25) is 0 Å². The molecule has 4 aromatic heterocycles. The maximum atomic E-state index is 8.96. The van der Waals surface area contributed by atoms with Gasteiger partial charge in [0.15, 0.2) is 11.5 Å². The molecule has 1 saturated heterocycles. The Morgan fingerprint density at radius 1 is 0.956 bits per heavy atom. The molecular weight excluding hydrogens is 566 g/mol. The van der Waals surface area contributed by atoms with Crippen molar-refractivity contribution in [3.05, 3.63) is 78.4 Å². The molecule has 4 N–H and O–H groups in total.